The molecule has 0 spiro atoms. The van der Waals surface area contributed by atoms with E-state index in [4.69, 9.17) is 9.47 Å². The smallest absolute Gasteiger partial charge is 0.343 e. The molecule has 2 rings (SSSR count). The highest BCUT2D eigenvalue weighted by molar-refractivity contribution is 5.80. The number of rotatable bonds is 2. The summed E-state index contributed by atoms with van der Waals surface area (Å²) in [4.78, 5) is 11.2. The molecule has 1 aliphatic rings. The maximum atomic E-state index is 11.2. The van der Waals surface area contributed by atoms with Crippen molar-refractivity contribution in [3.05, 3.63) is 30.3 Å². The van der Waals surface area contributed by atoms with Crippen LogP contribution in [0, 0.1) is 0 Å². The molecule has 1 aliphatic heterocycles. The van der Waals surface area contributed by atoms with Crippen molar-refractivity contribution >= 4 is 5.97 Å². The first-order chi connectivity index (χ1) is 6.27. The maximum absolute atomic E-state index is 11.2. The average molecular weight is 178 g/mol. The Balaban J connectivity index is 1.95. The first-order valence-corrected chi connectivity index (χ1v) is 4.19. The SMILES string of the molecule is C[C@H]1O[C@@H]1C(=O)Oc1ccccc1. The second-order valence-corrected chi connectivity index (χ2v) is 3.00. The minimum atomic E-state index is -0.361. The van der Waals surface area contributed by atoms with Gasteiger partial charge in [0.15, 0.2) is 6.10 Å². The van der Waals surface area contributed by atoms with Gasteiger partial charge in [0.05, 0.1) is 6.10 Å². The van der Waals surface area contributed by atoms with Crippen LogP contribution in [-0.4, -0.2) is 18.2 Å². The normalized spacial score (nSPS) is 25.3. The van der Waals surface area contributed by atoms with Crippen LogP contribution in [-0.2, 0) is 9.53 Å². The summed E-state index contributed by atoms with van der Waals surface area (Å²) in [6.45, 7) is 1.84. The fourth-order valence-electron chi connectivity index (χ4n) is 1.10. The van der Waals surface area contributed by atoms with Crippen molar-refractivity contribution in [1.29, 1.82) is 0 Å². The second-order valence-electron chi connectivity index (χ2n) is 3.00. The summed E-state index contributed by atoms with van der Waals surface area (Å²) in [6, 6.07) is 8.99. The second kappa shape index (κ2) is 3.18. The maximum Gasteiger partial charge on any atom is 0.343 e. The number of esters is 1. The molecule has 0 bridgehead atoms. The Bertz CT molecular complexity index is 307. The lowest BCUT2D eigenvalue weighted by molar-refractivity contribution is -0.135. The monoisotopic (exact) mass is 178 g/mol. The van der Waals surface area contributed by atoms with Gasteiger partial charge < -0.3 is 9.47 Å². The molecule has 0 radical (unpaired) electrons. The van der Waals surface area contributed by atoms with E-state index in [1.54, 1.807) is 12.1 Å². The molecule has 3 heteroatoms. The number of epoxide rings is 1. The van der Waals surface area contributed by atoms with Crippen molar-refractivity contribution < 1.29 is 14.3 Å². The number of para-hydroxylation sites is 1. The average Bonchev–Trinajstić information content (AvgIpc) is 2.84. The fraction of sp³-hybridized carbons (Fsp3) is 0.300. The van der Waals surface area contributed by atoms with E-state index >= 15 is 0 Å². The van der Waals surface area contributed by atoms with Gasteiger partial charge in [-0.3, -0.25) is 0 Å². The lowest BCUT2D eigenvalue weighted by Crippen LogP contribution is -2.16. The van der Waals surface area contributed by atoms with Crippen molar-refractivity contribution in [3.63, 3.8) is 0 Å². The first-order valence-electron chi connectivity index (χ1n) is 4.19. The number of benzene rings is 1. The molecule has 0 aliphatic carbocycles. The molecule has 1 aromatic rings. The van der Waals surface area contributed by atoms with E-state index in [-0.39, 0.29) is 18.2 Å². The molecule has 1 heterocycles. The van der Waals surface area contributed by atoms with E-state index in [1.807, 2.05) is 25.1 Å². The van der Waals surface area contributed by atoms with Crippen molar-refractivity contribution in [2.24, 2.45) is 0 Å². The zero-order valence-corrected chi connectivity index (χ0v) is 7.27. The zero-order chi connectivity index (χ0) is 9.26. The highest BCUT2D eigenvalue weighted by Gasteiger charge is 2.42. The Labute approximate surface area is 76.3 Å². The molecule has 3 nitrogen and oxygen atoms in total. The Morgan fingerprint density at radius 3 is 2.54 bits per heavy atom. The van der Waals surface area contributed by atoms with Gasteiger partial charge in [0.25, 0.3) is 0 Å². The minimum Gasteiger partial charge on any atom is -0.425 e. The van der Waals surface area contributed by atoms with E-state index in [2.05, 4.69) is 0 Å². The fourth-order valence-corrected chi connectivity index (χ4v) is 1.10. The molecule has 1 fully saturated rings. The van der Waals surface area contributed by atoms with Gasteiger partial charge in [-0.15, -0.1) is 0 Å². The summed E-state index contributed by atoms with van der Waals surface area (Å²) < 4.78 is 10.0. The number of hydrogen-bond donors (Lipinski definition) is 0. The number of ether oxygens (including phenoxy) is 2. The number of carbonyl (C=O) groups is 1. The van der Waals surface area contributed by atoms with Crippen molar-refractivity contribution in [2.45, 2.75) is 19.1 Å². The van der Waals surface area contributed by atoms with Gasteiger partial charge in [-0.25, -0.2) is 4.79 Å². The van der Waals surface area contributed by atoms with Crippen molar-refractivity contribution in [1.82, 2.24) is 0 Å². The summed E-state index contributed by atoms with van der Waals surface area (Å²) in [7, 11) is 0. The molecule has 0 aromatic heterocycles. The Morgan fingerprint density at radius 2 is 2.00 bits per heavy atom. The highest BCUT2D eigenvalue weighted by Crippen LogP contribution is 2.23. The van der Waals surface area contributed by atoms with Crippen LogP contribution in [0.1, 0.15) is 6.92 Å². The molecule has 1 aromatic carbocycles. The van der Waals surface area contributed by atoms with E-state index in [0.717, 1.165) is 0 Å². The molecule has 0 N–H and O–H groups in total. The molecule has 0 unspecified atom stereocenters. The standard InChI is InChI=1S/C10H10O3/c1-7-9(12-7)10(11)13-8-5-3-2-4-6-8/h2-7,9H,1H3/t7-,9+/m1/s1. The minimum absolute atomic E-state index is 0.0104. The summed E-state index contributed by atoms with van der Waals surface area (Å²) in [6.07, 6.45) is -0.351. The zero-order valence-electron chi connectivity index (χ0n) is 7.27. The summed E-state index contributed by atoms with van der Waals surface area (Å²) >= 11 is 0. The molecule has 2 atom stereocenters. The summed E-state index contributed by atoms with van der Waals surface area (Å²) in [5.41, 5.74) is 0. The van der Waals surface area contributed by atoms with Crippen LogP contribution in [0.25, 0.3) is 0 Å². The highest BCUT2D eigenvalue weighted by atomic mass is 16.6. The first kappa shape index (κ1) is 8.26. The van der Waals surface area contributed by atoms with Crippen molar-refractivity contribution in [2.75, 3.05) is 0 Å². The van der Waals surface area contributed by atoms with Gasteiger partial charge in [-0.05, 0) is 19.1 Å². The van der Waals surface area contributed by atoms with Crippen LogP contribution in [0.3, 0.4) is 0 Å². The molecular weight excluding hydrogens is 168 g/mol. The molecule has 13 heavy (non-hydrogen) atoms. The predicted octanol–water partition coefficient (Wildman–Crippen LogP) is 1.38. The third kappa shape index (κ3) is 1.87. The largest absolute Gasteiger partial charge is 0.425 e. The Hall–Kier alpha value is -1.35. The van der Waals surface area contributed by atoms with Crippen molar-refractivity contribution in [3.8, 4) is 5.75 Å². The van der Waals surface area contributed by atoms with Crippen LogP contribution in [0.2, 0.25) is 0 Å². The van der Waals surface area contributed by atoms with Gasteiger partial charge in [-0.2, -0.15) is 0 Å². The van der Waals surface area contributed by atoms with Gasteiger partial charge in [0.2, 0.25) is 0 Å². The lowest BCUT2D eigenvalue weighted by Gasteiger charge is -2.00. The van der Waals surface area contributed by atoms with Crippen LogP contribution in [0.15, 0.2) is 30.3 Å². The summed E-state index contributed by atoms with van der Waals surface area (Å²) in [5, 5.41) is 0. The summed E-state index contributed by atoms with van der Waals surface area (Å²) in [5.74, 6) is 0.258. The molecule has 1 saturated heterocycles. The third-order valence-electron chi connectivity index (χ3n) is 1.90. The van der Waals surface area contributed by atoms with Crippen LogP contribution in [0.4, 0.5) is 0 Å². The van der Waals surface area contributed by atoms with Gasteiger partial charge >= 0.3 is 5.97 Å². The lowest BCUT2D eigenvalue weighted by atomic mass is 10.3. The number of hydrogen-bond acceptors (Lipinski definition) is 3. The van der Waals surface area contributed by atoms with Gasteiger partial charge in [-0.1, -0.05) is 18.2 Å². The topological polar surface area (TPSA) is 38.8 Å². The van der Waals surface area contributed by atoms with E-state index < -0.39 is 0 Å². The number of carbonyl (C=O) groups excluding carboxylic acids is 1. The Kier molecular flexibility index (Phi) is 2.02. The van der Waals surface area contributed by atoms with E-state index in [0.29, 0.717) is 5.75 Å². The van der Waals surface area contributed by atoms with E-state index in [9.17, 15) is 4.79 Å². The van der Waals surface area contributed by atoms with Gasteiger partial charge in [0.1, 0.15) is 5.75 Å². The molecular formula is C10H10O3. The Morgan fingerprint density at radius 1 is 1.38 bits per heavy atom. The molecule has 0 amide bonds. The molecule has 0 saturated carbocycles. The quantitative estimate of drug-likeness (QED) is 0.390. The van der Waals surface area contributed by atoms with Crippen LogP contribution >= 0.6 is 0 Å². The molecule has 68 valence electrons. The predicted molar refractivity (Wildman–Crippen MR) is 46.4 cm³/mol. The van der Waals surface area contributed by atoms with Crippen LogP contribution in [0.5, 0.6) is 5.75 Å². The third-order valence-corrected chi connectivity index (χ3v) is 1.90. The van der Waals surface area contributed by atoms with Gasteiger partial charge in [0, 0.05) is 0 Å². The van der Waals surface area contributed by atoms with E-state index in [1.165, 1.54) is 0 Å². The van der Waals surface area contributed by atoms with Crippen LogP contribution < -0.4 is 4.74 Å².